The molecular formula is C19H13ClN4O2S2. The molecule has 0 spiro atoms. The largest absolute Gasteiger partial charge is 0.322 e. The maximum absolute atomic E-state index is 12.3. The molecule has 28 heavy (non-hydrogen) atoms. The minimum atomic E-state index is -0.317. The number of nitrogens with zero attached hydrogens (tertiary/aromatic N) is 2. The first-order chi connectivity index (χ1) is 13.6. The fourth-order valence-electron chi connectivity index (χ4n) is 2.54. The van der Waals surface area contributed by atoms with E-state index in [4.69, 9.17) is 11.6 Å². The summed E-state index contributed by atoms with van der Waals surface area (Å²) < 4.78 is 1.82. The quantitative estimate of drug-likeness (QED) is 0.438. The van der Waals surface area contributed by atoms with Crippen LogP contribution < -0.4 is 10.6 Å². The number of thiazole rings is 1. The highest BCUT2D eigenvalue weighted by atomic mass is 35.5. The summed E-state index contributed by atoms with van der Waals surface area (Å²) in [4.78, 5) is 30.0. The number of imidazole rings is 1. The van der Waals surface area contributed by atoms with Crippen molar-refractivity contribution < 1.29 is 9.59 Å². The molecule has 3 aromatic heterocycles. The van der Waals surface area contributed by atoms with Gasteiger partial charge in [-0.15, -0.1) is 22.7 Å². The van der Waals surface area contributed by atoms with Crippen LogP contribution in [0.4, 0.5) is 11.4 Å². The van der Waals surface area contributed by atoms with Gasteiger partial charge in [-0.05, 0) is 35.7 Å². The molecule has 0 saturated heterocycles. The summed E-state index contributed by atoms with van der Waals surface area (Å²) in [7, 11) is 0. The third-order valence-electron chi connectivity index (χ3n) is 3.78. The molecule has 2 N–H and O–H groups in total. The van der Waals surface area contributed by atoms with Crippen LogP contribution in [0.25, 0.3) is 11.0 Å². The van der Waals surface area contributed by atoms with E-state index in [9.17, 15) is 9.59 Å². The highest BCUT2D eigenvalue weighted by molar-refractivity contribution is 7.15. The van der Waals surface area contributed by atoms with Crippen molar-refractivity contribution >= 4 is 68.5 Å². The lowest BCUT2D eigenvalue weighted by atomic mass is 10.2. The third kappa shape index (κ3) is 3.99. The summed E-state index contributed by atoms with van der Waals surface area (Å²) in [5.41, 5.74) is 1.81. The van der Waals surface area contributed by atoms with Crippen molar-refractivity contribution in [3.63, 3.8) is 0 Å². The van der Waals surface area contributed by atoms with E-state index in [1.165, 1.54) is 28.7 Å². The van der Waals surface area contributed by atoms with Crippen LogP contribution in [0.3, 0.4) is 0 Å². The summed E-state index contributed by atoms with van der Waals surface area (Å²) in [6, 6.07) is 10.5. The van der Waals surface area contributed by atoms with E-state index in [1.54, 1.807) is 36.4 Å². The zero-order valence-corrected chi connectivity index (χ0v) is 16.6. The standard InChI is InChI=1S/C19H13ClN4O2S2/c20-17-14(24-8-10-28-19(24)23-17)6-7-16(25)21-12-3-1-4-13(11-12)22-18(26)15-5-2-9-27-15/h1-11H,(H,21,25)(H,22,26)/b7-6+. The number of hydrogen-bond donors (Lipinski definition) is 2. The number of fused-ring (bicyclic) bond motifs is 1. The van der Waals surface area contributed by atoms with Gasteiger partial charge in [0.25, 0.3) is 5.91 Å². The van der Waals surface area contributed by atoms with Crippen LogP contribution in [0.1, 0.15) is 15.4 Å². The molecule has 0 aliphatic carbocycles. The molecule has 0 aliphatic rings. The highest BCUT2D eigenvalue weighted by Gasteiger charge is 2.10. The highest BCUT2D eigenvalue weighted by Crippen LogP contribution is 2.22. The number of anilines is 2. The smallest absolute Gasteiger partial charge is 0.265 e. The Bertz CT molecular complexity index is 1180. The second-order valence-electron chi connectivity index (χ2n) is 5.68. The Balaban J connectivity index is 1.44. The van der Waals surface area contributed by atoms with Crippen LogP contribution in [-0.2, 0) is 4.79 Å². The molecule has 9 heteroatoms. The lowest BCUT2D eigenvalue weighted by Crippen LogP contribution is -2.11. The monoisotopic (exact) mass is 428 g/mol. The molecule has 0 radical (unpaired) electrons. The Morgan fingerprint density at radius 2 is 1.89 bits per heavy atom. The number of thiophene rings is 1. The summed E-state index contributed by atoms with van der Waals surface area (Å²) in [5, 5.41) is 9.66. The van der Waals surface area contributed by atoms with Gasteiger partial charge in [0.05, 0.1) is 10.6 Å². The molecule has 0 aliphatic heterocycles. The molecule has 3 heterocycles. The van der Waals surface area contributed by atoms with Crippen molar-refractivity contribution in [2.45, 2.75) is 0 Å². The molecule has 0 bridgehead atoms. The first-order valence-corrected chi connectivity index (χ1v) is 10.3. The summed E-state index contributed by atoms with van der Waals surface area (Å²) in [5.74, 6) is -0.503. The second-order valence-corrected chi connectivity index (χ2v) is 7.86. The Morgan fingerprint density at radius 1 is 1.07 bits per heavy atom. The SMILES string of the molecule is O=C(/C=C/c1c(Cl)nc2sccn12)Nc1cccc(NC(=O)c2cccs2)c1. The second kappa shape index (κ2) is 7.97. The lowest BCUT2D eigenvalue weighted by molar-refractivity contribution is -0.111. The zero-order valence-electron chi connectivity index (χ0n) is 14.3. The van der Waals surface area contributed by atoms with Crippen molar-refractivity contribution in [3.05, 3.63) is 75.2 Å². The van der Waals surface area contributed by atoms with E-state index in [-0.39, 0.29) is 11.8 Å². The number of carbonyl (C=O) groups excluding carboxylic acids is 2. The summed E-state index contributed by atoms with van der Waals surface area (Å²) in [6.45, 7) is 0. The average molecular weight is 429 g/mol. The number of rotatable bonds is 5. The van der Waals surface area contributed by atoms with Gasteiger partial charge in [-0.1, -0.05) is 23.7 Å². The first kappa shape index (κ1) is 18.4. The van der Waals surface area contributed by atoms with Crippen LogP contribution in [0, 0.1) is 0 Å². The number of halogens is 1. The van der Waals surface area contributed by atoms with E-state index in [2.05, 4.69) is 15.6 Å². The predicted octanol–water partition coefficient (Wildman–Crippen LogP) is 5.01. The van der Waals surface area contributed by atoms with Crippen molar-refractivity contribution in [2.75, 3.05) is 10.6 Å². The van der Waals surface area contributed by atoms with E-state index < -0.39 is 0 Å². The van der Waals surface area contributed by atoms with Gasteiger partial charge in [-0.3, -0.25) is 14.0 Å². The van der Waals surface area contributed by atoms with Gasteiger partial charge in [0.1, 0.15) is 0 Å². The minimum Gasteiger partial charge on any atom is -0.322 e. The number of benzene rings is 1. The molecular weight excluding hydrogens is 416 g/mol. The molecule has 2 amide bonds. The Kier molecular flexibility index (Phi) is 5.25. The van der Waals surface area contributed by atoms with E-state index >= 15 is 0 Å². The fraction of sp³-hybridized carbons (Fsp3) is 0. The normalized spacial score (nSPS) is 11.2. The number of amides is 2. The molecule has 140 valence electrons. The Labute approximate surface area is 173 Å². The van der Waals surface area contributed by atoms with Crippen LogP contribution in [0.5, 0.6) is 0 Å². The van der Waals surface area contributed by atoms with Gasteiger partial charge in [0, 0.05) is 29.0 Å². The lowest BCUT2D eigenvalue weighted by Gasteiger charge is -2.07. The molecule has 4 aromatic rings. The molecule has 4 rings (SSSR count). The zero-order chi connectivity index (χ0) is 19.5. The minimum absolute atomic E-state index is 0.187. The van der Waals surface area contributed by atoms with Gasteiger partial charge in [0.2, 0.25) is 5.91 Å². The topological polar surface area (TPSA) is 75.5 Å². The maximum Gasteiger partial charge on any atom is 0.265 e. The molecule has 1 aromatic carbocycles. The number of nitrogens with one attached hydrogen (secondary N) is 2. The van der Waals surface area contributed by atoms with Gasteiger partial charge < -0.3 is 10.6 Å². The molecule has 0 unspecified atom stereocenters. The van der Waals surface area contributed by atoms with E-state index in [0.29, 0.717) is 27.1 Å². The van der Waals surface area contributed by atoms with Crippen LogP contribution >= 0.6 is 34.3 Å². The fourth-order valence-corrected chi connectivity index (χ4v) is 4.16. The average Bonchev–Trinajstić information content (AvgIpc) is 3.38. The molecule has 0 atom stereocenters. The van der Waals surface area contributed by atoms with Gasteiger partial charge in [-0.2, -0.15) is 0 Å². The Hall–Kier alpha value is -2.94. The third-order valence-corrected chi connectivity index (χ3v) is 5.68. The number of aromatic nitrogens is 2. The van der Waals surface area contributed by atoms with E-state index in [1.807, 2.05) is 27.4 Å². The first-order valence-electron chi connectivity index (χ1n) is 8.15. The van der Waals surface area contributed by atoms with Crippen LogP contribution in [0.15, 0.2) is 59.4 Å². The van der Waals surface area contributed by atoms with Crippen LogP contribution in [0.2, 0.25) is 5.15 Å². The van der Waals surface area contributed by atoms with Gasteiger partial charge in [-0.25, -0.2) is 4.98 Å². The van der Waals surface area contributed by atoms with Crippen molar-refractivity contribution in [3.8, 4) is 0 Å². The molecule has 6 nitrogen and oxygen atoms in total. The predicted molar refractivity (Wildman–Crippen MR) is 114 cm³/mol. The van der Waals surface area contributed by atoms with Gasteiger partial charge >= 0.3 is 0 Å². The number of carbonyl (C=O) groups is 2. The molecule has 0 saturated carbocycles. The molecule has 0 fully saturated rings. The Morgan fingerprint density at radius 3 is 2.68 bits per heavy atom. The van der Waals surface area contributed by atoms with E-state index in [0.717, 1.165) is 4.96 Å². The summed E-state index contributed by atoms with van der Waals surface area (Å²) >= 11 is 8.95. The van der Waals surface area contributed by atoms with Crippen LogP contribution in [-0.4, -0.2) is 21.2 Å². The van der Waals surface area contributed by atoms with Crippen molar-refractivity contribution in [1.82, 2.24) is 9.38 Å². The number of hydrogen-bond acceptors (Lipinski definition) is 5. The van der Waals surface area contributed by atoms with Crippen molar-refractivity contribution in [1.29, 1.82) is 0 Å². The summed E-state index contributed by atoms with van der Waals surface area (Å²) in [6.07, 6.45) is 4.85. The van der Waals surface area contributed by atoms with Crippen molar-refractivity contribution in [2.24, 2.45) is 0 Å². The van der Waals surface area contributed by atoms with Gasteiger partial charge in [0.15, 0.2) is 10.1 Å². The maximum atomic E-state index is 12.3.